The first-order valence-electron chi connectivity index (χ1n) is 11.6. The van der Waals surface area contributed by atoms with Crippen molar-refractivity contribution in [2.45, 2.75) is 13.3 Å². The number of amides is 1. The van der Waals surface area contributed by atoms with Crippen molar-refractivity contribution in [1.29, 1.82) is 0 Å². The molecule has 0 saturated heterocycles. The van der Waals surface area contributed by atoms with Gasteiger partial charge in [0.05, 0.1) is 10.6 Å². The summed E-state index contributed by atoms with van der Waals surface area (Å²) in [5.74, 6) is 1.29. The number of hydrogen-bond acceptors (Lipinski definition) is 5. The average Bonchev–Trinajstić information content (AvgIpc) is 3.56. The Kier molecular flexibility index (Phi) is 7.16. The van der Waals surface area contributed by atoms with Gasteiger partial charge in [0.15, 0.2) is 10.7 Å². The van der Waals surface area contributed by atoms with Crippen LogP contribution in [0, 0.1) is 0 Å². The number of benzene rings is 3. The number of nitrogens with one attached hydrogen (secondary N) is 2. The largest absolute Gasteiger partial charge is 0.457 e. The maximum Gasteiger partial charge on any atom is 0.250 e. The van der Waals surface area contributed by atoms with Gasteiger partial charge in [0.25, 0.3) is 0 Å². The van der Waals surface area contributed by atoms with Gasteiger partial charge in [0.1, 0.15) is 17.0 Å². The molecule has 2 heterocycles. The van der Waals surface area contributed by atoms with Crippen LogP contribution in [0.25, 0.3) is 40.0 Å². The van der Waals surface area contributed by atoms with Crippen LogP contribution in [0.4, 0.5) is 5.69 Å². The zero-order valence-corrected chi connectivity index (χ0v) is 21.4. The van der Waals surface area contributed by atoms with E-state index < -0.39 is 5.91 Å². The van der Waals surface area contributed by atoms with Gasteiger partial charge in [-0.2, -0.15) is 0 Å². The van der Waals surface area contributed by atoms with Gasteiger partial charge in [-0.1, -0.05) is 54.9 Å². The molecule has 0 aliphatic rings. The van der Waals surface area contributed by atoms with Gasteiger partial charge in [0.2, 0.25) is 11.8 Å². The molecular formula is C29H22ClN3O3S. The lowest BCUT2D eigenvalue weighted by Crippen LogP contribution is -2.32. The monoisotopic (exact) mass is 527 g/mol. The molecule has 1 amide bonds. The Bertz CT molecular complexity index is 1620. The van der Waals surface area contributed by atoms with Crippen molar-refractivity contribution in [3.8, 4) is 22.8 Å². The lowest BCUT2D eigenvalue weighted by atomic mass is 10.1. The molecule has 0 radical (unpaired) electrons. The number of carbonyl (C=O) groups excluding carboxylic acids is 1. The molecule has 37 heavy (non-hydrogen) atoms. The Labute approximate surface area is 224 Å². The maximum absolute atomic E-state index is 12.4. The SMILES string of the molecule is CCc1ccc2oc(-c3cc(NC(=S)NC(=O)/C=C/c4ccc(-c5ccccc5)o4)ccc3Cl)nc2c1. The summed E-state index contributed by atoms with van der Waals surface area (Å²) < 4.78 is 11.7. The van der Waals surface area contributed by atoms with E-state index >= 15 is 0 Å². The fourth-order valence-corrected chi connectivity index (χ4v) is 4.17. The van der Waals surface area contributed by atoms with Gasteiger partial charge in [-0.05, 0) is 72.7 Å². The summed E-state index contributed by atoms with van der Waals surface area (Å²) in [5, 5.41) is 6.25. The van der Waals surface area contributed by atoms with E-state index in [0.29, 0.717) is 33.5 Å². The van der Waals surface area contributed by atoms with E-state index in [1.165, 1.54) is 11.6 Å². The number of thiocarbonyl (C=S) groups is 1. The second-order valence-electron chi connectivity index (χ2n) is 8.21. The van der Waals surface area contributed by atoms with E-state index in [0.717, 1.165) is 23.3 Å². The van der Waals surface area contributed by atoms with E-state index in [-0.39, 0.29) is 5.11 Å². The number of hydrogen-bond donors (Lipinski definition) is 2. The van der Waals surface area contributed by atoms with E-state index in [9.17, 15) is 4.79 Å². The zero-order chi connectivity index (χ0) is 25.8. The van der Waals surface area contributed by atoms with E-state index in [4.69, 9.17) is 32.7 Å². The second-order valence-corrected chi connectivity index (χ2v) is 9.03. The molecule has 0 saturated carbocycles. The Morgan fingerprint density at radius 2 is 1.86 bits per heavy atom. The van der Waals surface area contributed by atoms with Gasteiger partial charge in [-0.15, -0.1) is 0 Å². The molecule has 0 aliphatic carbocycles. The number of aromatic nitrogens is 1. The summed E-state index contributed by atoms with van der Waals surface area (Å²) in [6, 6.07) is 24.6. The first kappa shape index (κ1) is 24.5. The highest BCUT2D eigenvalue weighted by atomic mass is 35.5. The number of furan rings is 1. The zero-order valence-electron chi connectivity index (χ0n) is 19.8. The van der Waals surface area contributed by atoms with Gasteiger partial charge in [-0.3, -0.25) is 10.1 Å². The summed E-state index contributed by atoms with van der Waals surface area (Å²) in [5.41, 5.74) is 4.83. The number of carbonyl (C=O) groups is 1. The number of aryl methyl sites for hydroxylation is 1. The summed E-state index contributed by atoms with van der Waals surface area (Å²) in [6.07, 6.45) is 3.85. The highest BCUT2D eigenvalue weighted by molar-refractivity contribution is 7.80. The third-order valence-corrected chi connectivity index (χ3v) is 6.17. The van der Waals surface area contributed by atoms with Gasteiger partial charge in [-0.25, -0.2) is 4.98 Å². The summed E-state index contributed by atoms with van der Waals surface area (Å²) >= 11 is 11.7. The van der Waals surface area contributed by atoms with Crippen LogP contribution in [0.15, 0.2) is 93.8 Å². The van der Waals surface area contributed by atoms with E-state index in [2.05, 4.69) is 22.5 Å². The van der Waals surface area contributed by atoms with Crippen LogP contribution in [0.3, 0.4) is 0 Å². The minimum atomic E-state index is -0.393. The van der Waals surface area contributed by atoms with Crippen molar-refractivity contribution in [3.63, 3.8) is 0 Å². The minimum absolute atomic E-state index is 0.137. The molecule has 0 fully saturated rings. The summed E-state index contributed by atoms with van der Waals surface area (Å²) in [7, 11) is 0. The van der Waals surface area contributed by atoms with Crippen LogP contribution in [0.1, 0.15) is 18.2 Å². The van der Waals surface area contributed by atoms with Crippen LogP contribution < -0.4 is 10.6 Å². The Morgan fingerprint density at radius 3 is 2.68 bits per heavy atom. The fraction of sp³-hybridized carbons (Fsp3) is 0.0690. The van der Waals surface area contributed by atoms with Crippen LogP contribution in [0.5, 0.6) is 0 Å². The molecule has 0 unspecified atom stereocenters. The lowest BCUT2D eigenvalue weighted by Gasteiger charge is -2.09. The molecule has 2 aromatic heterocycles. The normalized spacial score (nSPS) is 11.2. The number of rotatable bonds is 6. The average molecular weight is 528 g/mol. The Hall–Kier alpha value is -4.20. The van der Waals surface area contributed by atoms with E-state index in [1.807, 2.05) is 54.6 Å². The molecule has 5 aromatic rings. The van der Waals surface area contributed by atoms with Crippen molar-refractivity contribution in [1.82, 2.24) is 10.3 Å². The quantitative estimate of drug-likeness (QED) is 0.176. The van der Waals surface area contributed by atoms with Crippen LogP contribution >= 0.6 is 23.8 Å². The topological polar surface area (TPSA) is 80.3 Å². The number of anilines is 1. The van der Waals surface area contributed by atoms with Gasteiger partial charge < -0.3 is 14.2 Å². The molecule has 8 heteroatoms. The molecule has 0 aliphatic heterocycles. The van der Waals surface area contributed by atoms with Crippen LogP contribution in [-0.2, 0) is 11.2 Å². The Morgan fingerprint density at radius 1 is 1.03 bits per heavy atom. The minimum Gasteiger partial charge on any atom is -0.457 e. The van der Waals surface area contributed by atoms with Crippen molar-refractivity contribution < 1.29 is 13.6 Å². The standard InChI is InChI=1S/C29H22ClN3O3S/c1-2-18-8-13-26-24(16-18)32-28(36-26)22-17-20(9-12-23(22)30)31-29(37)33-27(34)15-11-21-10-14-25(35-21)19-6-4-3-5-7-19/h3-17H,2H2,1H3,(H2,31,33,34,37)/b15-11+. The van der Waals surface area contributed by atoms with Crippen LogP contribution in [0.2, 0.25) is 5.02 Å². The van der Waals surface area contributed by atoms with Gasteiger partial charge >= 0.3 is 0 Å². The van der Waals surface area contributed by atoms with Crippen LogP contribution in [-0.4, -0.2) is 16.0 Å². The first-order chi connectivity index (χ1) is 18.0. The number of halogens is 1. The lowest BCUT2D eigenvalue weighted by molar-refractivity contribution is -0.115. The second kappa shape index (κ2) is 10.8. The molecule has 3 aromatic carbocycles. The third-order valence-electron chi connectivity index (χ3n) is 5.64. The number of nitrogens with zero attached hydrogens (tertiary/aromatic N) is 1. The molecule has 0 spiro atoms. The highest BCUT2D eigenvalue weighted by Crippen LogP contribution is 2.32. The van der Waals surface area contributed by atoms with E-state index in [1.54, 1.807) is 30.3 Å². The number of oxazole rings is 1. The van der Waals surface area contributed by atoms with Crippen molar-refractivity contribution in [2.24, 2.45) is 0 Å². The fourth-order valence-electron chi connectivity index (χ4n) is 3.75. The predicted molar refractivity (Wildman–Crippen MR) is 151 cm³/mol. The molecule has 2 N–H and O–H groups in total. The number of fused-ring (bicyclic) bond motifs is 1. The summed E-state index contributed by atoms with van der Waals surface area (Å²) in [6.45, 7) is 2.09. The van der Waals surface area contributed by atoms with Gasteiger partial charge in [0, 0.05) is 17.3 Å². The van der Waals surface area contributed by atoms with Crippen molar-refractivity contribution >= 4 is 57.7 Å². The summed E-state index contributed by atoms with van der Waals surface area (Å²) in [4.78, 5) is 17.0. The molecule has 0 bridgehead atoms. The smallest absolute Gasteiger partial charge is 0.250 e. The molecule has 6 nitrogen and oxygen atoms in total. The third kappa shape index (κ3) is 5.80. The molecule has 0 atom stereocenters. The first-order valence-corrected chi connectivity index (χ1v) is 12.4. The molecule has 184 valence electrons. The predicted octanol–water partition coefficient (Wildman–Crippen LogP) is 7.50. The van der Waals surface area contributed by atoms with Crippen molar-refractivity contribution in [3.05, 3.63) is 101 Å². The highest BCUT2D eigenvalue weighted by Gasteiger charge is 2.14. The maximum atomic E-state index is 12.4. The molecule has 5 rings (SSSR count). The van der Waals surface area contributed by atoms with Crippen molar-refractivity contribution in [2.75, 3.05) is 5.32 Å². The Balaban J connectivity index is 1.24. The molecular weight excluding hydrogens is 506 g/mol.